The van der Waals surface area contributed by atoms with Gasteiger partial charge in [0.05, 0.1) is 12.0 Å². The summed E-state index contributed by atoms with van der Waals surface area (Å²) in [5.41, 5.74) is 5.78. The number of nitrogen functional groups attached to an aromatic ring is 1. The number of halogens is 1. The van der Waals surface area contributed by atoms with E-state index in [0.29, 0.717) is 0 Å². The van der Waals surface area contributed by atoms with Gasteiger partial charge in [0.2, 0.25) is 0 Å². The summed E-state index contributed by atoms with van der Waals surface area (Å²) < 4.78 is 17.9. The second-order valence-corrected chi connectivity index (χ2v) is 8.78. The van der Waals surface area contributed by atoms with Crippen LogP contribution in [0.25, 0.3) is 0 Å². The van der Waals surface area contributed by atoms with E-state index in [9.17, 15) is 9.59 Å². The van der Waals surface area contributed by atoms with Crippen molar-refractivity contribution in [3.05, 3.63) is 58.6 Å². The fraction of sp³-hybridized carbons (Fsp3) is 0.542. The molecular formula is C24H34ClN3O5. The molecule has 182 valence electrons. The zero-order valence-electron chi connectivity index (χ0n) is 19.3. The molecule has 1 fully saturated rings. The van der Waals surface area contributed by atoms with Crippen molar-refractivity contribution >= 4 is 24.2 Å². The predicted molar refractivity (Wildman–Crippen MR) is 128 cm³/mol. The third-order valence-corrected chi connectivity index (χ3v) is 5.66. The lowest BCUT2D eigenvalue weighted by atomic mass is 9.87. The summed E-state index contributed by atoms with van der Waals surface area (Å²) in [6.07, 6.45) is 6.38. The average Bonchev–Trinajstić information content (AvgIpc) is 3.23. The first-order valence-corrected chi connectivity index (χ1v) is 11.2. The maximum Gasteiger partial charge on any atom is 0.351 e. The zero-order chi connectivity index (χ0) is 23.0. The van der Waals surface area contributed by atoms with Gasteiger partial charge in [-0.25, -0.2) is 4.79 Å². The van der Waals surface area contributed by atoms with Crippen LogP contribution in [0.2, 0.25) is 0 Å². The van der Waals surface area contributed by atoms with Crippen LogP contribution >= 0.6 is 12.4 Å². The summed E-state index contributed by atoms with van der Waals surface area (Å²) in [6, 6.07) is 12.0. The molecule has 0 radical (unpaired) electrons. The number of esters is 1. The highest BCUT2D eigenvalue weighted by atomic mass is 35.5. The molecule has 0 spiro atoms. The first-order chi connectivity index (χ1) is 15.3. The summed E-state index contributed by atoms with van der Waals surface area (Å²) in [4.78, 5) is 28.2. The van der Waals surface area contributed by atoms with Crippen LogP contribution < -0.4 is 11.4 Å². The number of carbonyl (C=O) groups excluding carboxylic acids is 1. The third-order valence-electron chi connectivity index (χ3n) is 5.66. The minimum absolute atomic E-state index is 0. The molecule has 9 heteroatoms. The number of nitrogens with zero attached hydrogens (tertiary/aromatic N) is 2. The Morgan fingerprint density at radius 2 is 1.91 bits per heavy atom. The molecule has 2 N–H and O–H groups in total. The van der Waals surface area contributed by atoms with E-state index in [4.69, 9.17) is 19.9 Å². The fourth-order valence-electron chi connectivity index (χ4n) is 3.66. The number of rotatable bonds is 11. The molecule has 2 heterocycles. The second kappa shape index (κ2) is 12.7. The van der Waals surface area contributed by atoms with Gasteiger partial charge in [-0.3, -0.25) is 9.36 Å². The van der Waals surface area contributed by atoms with E-state index in [0.717, 1.165) is 38.5 Å². The van der Waals surface area contributed by atoms with Crippen molar-refractivity contribution in [2.45, 2.75) is 64.9 Å². The maximum absolute atomic E-state index is 12.6. The molecule has 0 saturated carbocycles. The van der Waals surface area contributed by atoms with Crippen LogP contribution in [0.5, 0.6) is 0 Å². The smallest absolute Gasteiger partial charge is 0.351 e. The molecule has 0 amide bonds. The first-order valence-electron chi connectivity index (χ1n) is 11.2. The van der Waals surface area contributed by atoms with E-state index in [2.05, 4.69) is 29.2 Å². The highest BCUT2D eigenvalue weighted by Crippen LogP contribution is 2.27. The predicted octanol–water partition coefficient (Wildman–Crippen LogP) is 3.88. The normalized spacial score (nSPS) is 18.0. The van der Waals surface area contributed by atoms with Crippen LogP contribution in [0.1, 0.15) is 57.7 Å². The Hall–Kier alpha value is -2.42. The van der Waals surface area contributed by atoms with Crippen molar-refractivity contribution < 1.29 is 19.0 Å². The summed E-state index contributed by atoms with van der Waals surface area (Å²) >= 11 is 0. The van der Waals surface area contributed by atoms with E-state index >= 15 is 0 Å². The monoisotopic (exact) mass is 479 g/mol. The van der Waals surface area contributed by atoms with E-state index in [-0.39, 0.29) is 37.4 Å². The molecule has 33 heavy (non-hydrogen) atoms. The SMILES string of the molecule is CC(C)(CCCCCCc1ccccc1)C(=O)OCC1OCC(n2ccc(N)nc2=O)O1.Cl. The van der Waals surface area contributed by atoms with Gasteiger partial charge >= 0.3 is 11.7 Å². The number of aryl methyl sites for hydroxylation is 1. The standard InChI is InChI=1S/C24H33N3O5.ClH/c1-24(2,14-9-4-3-6-10-18-11-7-5-8-12-18)22(28)31-17-21-30-16-20(32-21)27-15-13-19(25)26-23(27)29;/h5,7-8,11-13,15,20-21H,3-4,6,9-10,14,16-17H2,1-2H3,(H2,25,26,29);1H. The average molecular weight is 480 g/mol. The Morgan fingerprint density at radius 3 is 2.64 bits per heavy atom. The van der Waals surface area contributed by atoms with Gasteiger partial charge in [-0.1, -0.05) is 49.6 Å². The van der Waals surface area contributed by atoms with Crippen molar-refractivity contribution in [1.82, 2.24) is 9.55 Å². The van der Waals surface area contributed by atoms with Crippen LogP contribution in [-0.2, 0) is 25.4 Å². The van der Waals surface area contributed by atoms with Crippen molar-refractivity contribution in [3.63, 3.8) is 0 Å². The maximum atomic E-state index is 12.6. The summed E-state index contributed by atoms with van der Waals surface area (Å²) in [5.74, 6) is -0.127. The third kappa shape index (κ3) is 8.14. The Labute approximate surface area is 200 Å². The highest BCUT2D eigenvalue weighted by molar-refractivity contribution is 5.85. The molecular weight excluding hydrogens is 446 g/mol. The van der Waals surface area contributed by atoms with Gasteiger partial charge in [0.1, 0.15) is 12.4 Å². The largest absolute Gasteiger partial charge is 0.460 e. The fourth-order valence-corrected chi connectivity index (χ4v) is 3.66. The minimum atomic E-state index is -0.720. The number of anilines is 1. The van der Waals surface area contributed by atoms with E-state index < -0.39 is 23.6 Å². The number of benzene rings is 1. The highest BCUT2D eigenvalue weighted by Gasteiger charge is 2.33. The Kier molecular flexibility index (Phi) is 10.3. The van der Waals surface area contributed by atoms with Gasteiger partial charge in [0.15, 0.2) is 12.5 Å². The summed E-state index contributed by atoms with van der Waals surface area (Å²) in [7, 11) is 0. The molecule has 3 rings (SSSR count). The Bertz CT molecular complexity index is 935. The number of hydrogen-bond acceptors (Lipinski definition) is 7. The molecule has 0 aliphatic carbocycles. The van der Waals surface area contributed by atoms with Crippen LogP contribution in [0.4, 0.5) is 5.82 Å². The van der Waals surface area contributed by atoms with Crippen molar-refractivity contribution in [2.24, 2.45) is 5.41 Å². The van der Waals surface area contributed by atoms with E-state index in [1.54, 1.807) is 0 Å². The summed E-state index contributed by atoms with van der Waals surface area (Å²) in [5, 5.41) is 0. The van der Waals surface area contributed by atoms with Crippen LogP contribution in [-0.4, -0.2) is 35.0 Å². The lowest BCUT2D eigenvalue weighted by Crippen LogP contribution is -2.31. The zero-order valence-corrected chi connectivity index (χ0v) is 20.1. The minimum Gasteiger partial charge on any atom is -0.460 e. The number of carbonyl (C=O) groups is 1. The number of ether oxygens (including phenoxy) is 3. The van der Waals surface area contributed by atoms with Gasteiger partial charge in [-0.05, 0) is 44.7 Å². The molecule has 2 atom stereocenters. The van der Waals surface area contributed by atoms with Crippen molar-refractivity contribution in [3.8, 4) is 0 Å². The van der Waals surface area contributed by atoms with Crippen molar-refractivity contribution in [2.75, 3.05) is 18.9 Å². The molecule has 0 bridgehead atoms. The van der Waals surface area contributed by atoms with Gasteiger partial charge in [0.25, 0.3) is 0 Å². The molecule has 8 nitrogen and oxygen atoms in total. The Morgan fingerprint density at radius 1 is 1.18 bits per heavy atom. The van der Waals surface area contributed by atoms with Gasteiger partial charge in [-0.2, -0.15) is 4.98 Å². The van der Waals surface area contributed by atoms with Gasteiger partial charge in [0, 0.05) is 6.20 Å². The number of nitrogens with two attached hydrogens (primary N) is 1. The molecule has 1 aromatic heterocycles. The number of hydrogen-bond donors (Lipinski definition) is 1. The number of unbranched alkanes of at least 4 members (excludes halogenated alkanes) is 3. The summed E-state index contributed by atoms with van der Waals surface area (Å²) in [6.45, 7) is 3.95. The van der Waals surface area contributed by atoms with Crippen LogP contribution in [0.3, 0.4) is 0 Å². The molecule has 1 aliphatic rings. The van der Waals surface area contributed by atoms with E-state index in [1.807, 2.05) is 19.9 Å². The quantitative estimate of drug-likeness (QED) is 0.385. The van der Waals surface area contributed by atoms with Crippen LogP contribution in [0, 0.1) is 5.41 Å². The first kappa shape index (κ1) is 26.8. The molecule has 2 unspecified atom stereocenters. The molecule has 1 aliphatic heterocycles. The Balaban J connectivity index is 0.00000385. The van der Waals surface area contributed by atoms with Gasteiger partial charge < -0.3 is 19.9 Å². The molecule has 2 aromatic rings. The lowest BCUT2D eigenvalue weighted by molar-refractivity contribution is -0.168. The van der Waals surface area contributed by atoms with Crippen LogP contribution in [0.15, 0.2) is 47.4 Å². The van der Waals surface area contributed by atoms with Crippen molar-refractivity contribution in [1.29, 1.82) is 0 Å². The second-order valence-electron chi connectivity index (χ2n) is 8.78. The molecule has 1 saturated heterocycles. The lowest BCUT2D eigenvalue weighted by Gasteiger charge is -2.23. The van der Waals surface area contributed by atoms with Gasteiger partial charge in [-0.15, -0.1) is 12.4 Å². The van der Waals surface area contributed by atoms with E-state index in [1.165, 1.54) is 22.4 Å². The number of aromatic nitrogens is 2. The topological polar surface area (TPSA) is 106 Å². The molecule has 1 aromatic carbocycles.